The molecule has 0 atom stereocenters. The van der Waals surface area contributed by atoms with Gasteiger partial charge in [0, 0.05) is 11.6 Å². The van der Waals surface area contributed by atoms with Gasteiger partial charge in [0.05, 0.1) is 23.7 Å². The molecular formula is C15H18ClN2O+. The normalized spacial score (nSPS) is 16.9. The number of hydrogen-bond acceptors (Lipinski definition) is 2. The van der Waals surface area contributed by atoms with E-state index in [-0.39, 0.29) is 5.75 Å². The van der Waals surface area contributed by atoms with Gasteiger partial charge in [-0.15, -0.1) is 0 Å². The van der Waals surface area contributed by atoms with Crippen molar-refractivity contribution in [2.45, 2.75) is 25.8 Å². The molecular weight excluding hydrogens is 260 g/mol. The number of pyridine rings is 1. The van der Waals surface area contributed by atoms with Crippen LogP contribution in [0.3, 0.4) is 0 Å². The van der Waals surface area contributed by atoms with Gasteiger partial charge in [-0.1, -0.05) is 11.6 Å². The maximum absolute atomic E-state index is 10.4. The molecule has 3 nitrogen and oxygen atoms in total. The number of rotatable bonds is 2. The van der Waals surface area contributed by atoms with Crippen LogP contribution in [0.25, 0.3) is 10.9 Å². The number of likely N-dealkylation sites (tertiary alicyclic amines) is 1. The fraction of sp³-hybridized carbons (Fsp3) is 0.400. The summed E-state index contributed by atoms with van der Waals surface area (Å²) in [6.45, 7) is 3.19. The highest BCUT2D eigenvalue weighted by Gasteiger charge is 2.18. The van der Waals surface area contributed by atoms with E-state index in [1.807, 2.05) is 18.2 Å². The molecule has 2 N–H and O–H groups in total. The third-order valence-corrected chi connectivity index (χ3v) is 4.21. The van der Waals surface area contributed by atoms with E-state index in [2.05, 4.69) is 4.98 Å². The molecule has 0 amide bonds. The number of hydrogen-bond donors (Lipinski definition) is 2. The van der Waals surface area contributed by atoms with E-state index in [0.717, 1.165) is 17.5 Å². The van der Waals surface area contributed by atoms with E-state index >= 15 is 0 Å². The summed E-state index contributed by atoms with van der Waals surface area (Å²) in [5, 5.41) is 11.9. The van der Waals surface area contributed by atoms with Gasteiger partial charge in [-0.3, -0.25) is 4.98 Å². The van der Waals surface area contributed by atoms with Crippen molar-refractivity contribution in [2.24, 2.45) is 0 Å². The maximum atomic E-state index is 10.4. The lowest BCUT2D eigenvalue weighted by atomic mass is 10.1. The monoisotopic (exact) mass is 277 g/mol. The number of phenolic OH excluding ortho intramolecular Hbond substituents is 1. The van der Waals surface area contributed by atoms with Gasteiger partial charge in [0.25, 0.3) is 0 Å². The number of benzene rings is 1. The minimum absolute atomic E-state index is 0.290. The first-order valence-corrected chi connectivity index (χ1v) is 7.22. The molecule has 1 saturated heterocycles. The first-order chi connectivity index (χ1) is 9.25. The lowest BCUT2D eigenvalue weighted by Crippen LogP contribution is -3.11. The van der Waals surface area contributed by atoms with Gasteiger partial charge < -0.3 is 10.0 Å². The molecule has 0 radical (unpaired) electrons. The van der Waals surface area contributed by atoms with Gasteiger partial charge >= 0.3 is 0 Å². The molecule has 0 unspecified atom stereocenters. The number of phenols is 1. The summed E-state index contributed by atoms with van der Waals surface area (Å²) in [4.78, 5) is 5.77. The highest BCUT2D eigenvalue weighted by molar-refractivity contribution is 6.35. The third kappa shape index (κ3) is 2.53. The maximum Gasteiger partial charge on any atom is 0.150 e. The second-order valence-electron chi connectivity index (χ2n) is 5.25. The SMILES string of the molecule is Oc1c(C[NH+]2CCCCC2)cc(Cl)c2cccnc12. The number of nitrogens with one attached hydrogen (secondary N) is 1. The fourth-order valence-electron chi connectivity index (χ4n) is 2.87. The number of fused-ring (bicyclic) bond motifs is 1. The molecule has 0 saturated carbocycles. The van der Waals surface area contributed by atoms with Gasteiger partial charge in [-0.25, -0.2) is 0 Å². The van der Waals surface area contributed by atoms with Gasteiger partial charge in [0.2, 0.25) is 0 Å². The van der Waals surface area contributed by atoms with Crippen molar-refractivity contribution in [1.82, 2.24) is 4.98 Å². The predicted octanol–water partition coefficient (Wildman–Crippen LogP) is 2.16. The highest BCUT2D eigenvalue weighted by Crippen LogP contribution is 2.32. The van der Waals surface area contributed by atoms with Crippen molar-refractivity contribution >= 4 is 22.5 Å². The summed E-state index contributed by atoms with van der Waals surface area (Å²) in [6, 6.07) is 5.62. The summed E-state index contributed by atoms with van der Waals surface area (Å²) in [6.07, 6.45) is 5.57. The van der Waals surface area contributed by atoms with Crippen LogP contribution < -0.4 is 4.90 Å². The number of quaternary nitrogens is 1. The molecule has 0 bridgehead atoms. The Hall–Kier alpha value is -1.32. The molecule has 1 aliphatic rings. The van der Waals surface area contributed by atoms with Crippen LogP contribution in [-0.2, 0) is 6.54 Å². The lowest BCUT2D eigenvalue weighted by Gasteiger charge is -2.24. The number of piperidine rings is 1. The fourth-order valence-corrected chi connectivity index (χ4v) is 3.15. The van der Waals surface area contributed by atoms with E-state index in [9.17, 15) is 5.11 Å². The second-order valence-corrected chi connectivity index (χ2v) is 5.66. The Labute approximate surface area is 117 Å². The summed E-state index contributed by atoms with van der Waals surface area (Å²) in [7, 11) is 0. The molecule has 2 aromatic rings. The number of aromatic nitrogens is 1. The molecule has 4 heteroatoms. The van der Waals surface area contributed by atoms with Crippen molar-refractivity contribution in [3.63, 3.8) is 0 Å². The predicted molar refractivity (Wildman–Crippen MR) is 76.7 cm³/mol. The largest absolute Gasteiger partial charge is 0.505 e. The molecule has 1 aromatic heterocycles. The first kappa shape index (κ1) is 12.7. The first-order valence-electron chi connectivity index (χ1n) is 6.84. The summed E-state index contributed by atoms with van der Waals surface area (Å²) >= 11 is 6.29. The van der Waals surface area contributed by atoms with Crippen molar-refractivity contribution in [3.8, 4) is 5.75 Å². The number of halogens is 1. The Morgan fingerprint density at radius 3 is 2.84 bits per heavy atom. The summed E-state index contributed by atoms with van der Waals surface area (Å²) < 4.78 is 0. The third-order valence-electron chi connectivity index (χ3n) is 3.90. The van der Waals surface area contributed by atoms with Crippen LogP contribution in [0.15, 0.2) is 24.4 Å². The minimum atomic E-state index is 0.290. The van der Waals surface area contributed by atoms with Crippen molar-refractivity contribution in [2.75, 3.05) is 13.1 Å². The summed E-state index contributed by atoms with van der Waals surface area (Å²) in [5.74, 6) is 0.290. The molecule has 3 rings (SSSR count). The second kappa shape index (κ2) is 5.35. The van der Waals surface area contributed by atoms with Crippen molar-refractivity contribution in [3.05, 3.63) is 35.0 Å². The highest BCUT2D eigenvalue weighted by atomic mass is 35.5. The standard InChI is InChI=1S/C15H17ClN2O/c16-13-9-11(10-18-7-2-1-3-8-18)15(19)14-12(13)5-4-6-17-14/h4-6,9,19H,1-3,7-8,10H2/p+1. The van der Waals surface area contributed by atoms with E-state index in [1.165, 1.54) is 37.3 Å². The molecule has 1 aromatic carbocycles. The average molecular weight is 278 g/mol. The molecule has 0 aliphatic carbocycles. The van der Waals surface area contributed by atoms with E-state index in [1.54, 1.807) is 6.20 Å². The van der Waals surface area contributed by atoms with Gasteiger partial charge in [-0.2, -0.15) is 0 Å². The Morgan fingerprint density at radius 2 is 2.05 bits per heavy atom. The minimum Gasteiger partial charge on any atom is -0.505 e. The lowest BCUT2D eigenvalue weighted by molar-refractivity contribution is -0.918. The van der Waals surface area contributed by atoms with E-state index in [4.69, 9.17) is 11.6 Å². The molecule has 2 heterocycles. The Morgan fingerprint density at radius 1 is 1.26 bits per heavy atom. The number of nitrogens with zero attached hydrogens (tertiary/aromatic N) is 1. The Kier molecular flexibility index (Phi) is 3.58. The van der Waals surface area contributed by atoms with Crippen LogP contribution in [0.2, 0.25) is 5.02 Å². The zero-order valence-corrected chi connectivity index (χ0v) is 11.6. The van der Waals surface area contributed by atoms with Crippen LogP contribution in [0.4, 0.5) is 0 Å². The molecule has 1 aliphatic heterocycles. The molecule has 1 fully saturated rings. The van der Waals surface area contributed by atoms with Crippen LogP contribution in [0.1, 0.15) is 24.8 Å². The Bertz CT molecular complexity index is 594. The van der Waals surface area contributed by atoms with Gasteiger partial charge in [0.1, 0.15) is 12.1 Å². The zero-order valence-electron chi connectivity index (χ0n) is 10.8. The van der Waals surface area contributed by atoms with Crippen molar-refractivity contribution in [1.29, 1.82) is 0 Å². The Balaban J connectivity index is 1.97. The summed E-state index contributed by atoms with van der Waals surface area (Å²) in [5.41, 5.74) is 1.52. The van der Waals surface area contributed by atoms with Crippen LogP contribution in [0.5, 0.6) is 5.75 Å². The van der Waals surface area contributed by atoms with Crippen LogP contribution in [0, 0.1) is 0 Å². The van der Waals surface area contributed by atoms with Crippen LogP contribution in [-0.4, -0.2) is 23.2 Å². The molecule has 19 heavy (non-hydrogen) atoms. The molecule has 100 valence electrons. The van der Waals surface area contributed by atoms with Crippen molar-refractivity contribution < 1.29 is 10.0 Å². The number of aromatic hydroxyl groups is 1. The smallest absolute Gasteiger partial charge is 0.150 e. The van der Waals surface area contributed by atoms with Gasteiger partial charge in [0.15, 0.2) is 5.75 Å². The van der Waals surface area contributed by atoms with Crippen LogP contribution >= 0.6 is 11.6 Å². The van der Waals surface area contributed by atoms with E-state index < -0.39 is 0 Å². The molecule has 0 spiro atoms. The quantitative estimate of drug-likeness (QED) is 0.883. The van der Waals surface area contributed by atoms with Gasteiger partial charge in [-0.05, 0) is 37.5 Å². The topological polar surface area (TPSA) is 37.6 Å². The average Bonchev–Trinajstić information content (AvgIpc) is 2.46. The zero-order chi connectivity index (χ0) is 13.2. The van der Waals surface area contributed by atoms with E-state index in [0.29, 0.717) is 10.5 Å².